The molecule has 5 heteroatoms. The van der Waals surface area contributed by atoms with E-state index in [-0.39, 0.29) is 17.5 Å². The summed E-state index contributed by atoms with van der Waals surface area (Å²) in [7, 11) is 0. The first-order valence-electron chi connectivity index (χ1n) is 6.29. The molecule has 18 heavy (non-hydrogen) atoms. The number of amides is 1. The highest BCUT2D eigenvalue weighted by atomic mass is 35.5. The van der Waals surface area contributed by atoms with Crippen molar-refractivity contribution in [2.24, 2.45) is 11.8 Å². The first-order valence-corrected chi connectivity index (χ1v) is 6.67. The second-order valence-corrected chi connectivity index (χ2v) is 5.67. The molecule has 0 saturated heterocycles. The molecule has 2 atom stereocenters. The minimum absolute atomic E-state index is 0.178. The number of aromatic nitrogens is 2. The summed E-state index contributed by atoms with van der Waals surface area (Å²) in [5.41, 5.74) is 0.281. The van der Waals surface area contributed by atoms with Crippen molar-refractivity contribution >= 4 is 17.5 Å². The molecule has 1 amide bonds. The number of hydrogen-bond acceptors (Lipinski definition) is 3. The maximum absolute atomic E-state index is 12.0. The van der Waals surface area contributed by atoms with E-state index in [0.29, 0.717) is 23.3 Å². The van der Waals surface area contributed by atoms with Gasteiger partial charge in [-0.1, -0.05) is 32.4 Å². The standard InChI is InChI=1S/C13H18ClN3O/c1-7(2)12-15-6-10(14)11(17-12)13(18)16-5-9-4-8(9)3/h6-9H,4-5H2,1-3H3,(H,16,18). The number of carbonyl (C=O) groups excluding carboxylic acids is 1. The van der Waals surface area contributed by atoms with Crippen LogP contribution in [0.15, 0.2) is 6.20 Å². The third-order valence-corrected chi connectivity index (χ3v) is 3.57. The average molecular weight is 268 g/mol. The summed E-state index contributed by atoms with van der Waals surface area (Å²) in [5.74, 6) is 1.95. The zero-order chi connectivity index (χ0) is 13.3. The van der Waals surface area contributed by atoms with Crippen molar-refractivity contribution in [3.05, 3.63) is 22.7 Å². The fraction of sp³-hybridized carbons (Fsp3) is 0.615. The van der Waals surface area contributed by atoms with E-state index in [1.165, 1.54) is 12.6 Å². The zero-order valence-electron chi connectivity index (χ0n) is 10.9. The summed E-state index contributed by atoms with van der Waals surface area (Å²) in [6.07, 6.45) is 2.69. The van der Waals surface area contributed by atoms with Crippen molar-refractivity contribution in [2.45, 2.75) is 33.1 Å². The molecule has 0 aliphatic heterocycles. The fourth-order valence-corrected chi connectivity index (χ4v) is 1.99. The third kappa shape index (κ3) is 2.99. The molecule has 1 aliphatic carbocycles. The van der Waals surface area contributed by atoms with E-state index < -0.39 is 0 Å². The van der Waals surface area contributed by atoms with Crippen LogP contribution in [0.3, 0.4) is 0 Å². The SMILES string of the molecule is CC(C)c1ncc(Cl)c(C(=O)NCC2CC2C)n1. The van der Waals surface area contributed by atoms with E-state index in [4.69, 9.17) is 11.6 Å². The highest BCUT2D eigenvalue weighted by Gasteiger charge is 2.32. The van der Waals surface area contributed by atoms with Crippen molar-refractivity contribution in [1.82, 2.24) is 15.3 Å². The van der Waals surface area contributed by atoms with E-state index >= 15 is 0 Å². The summed E-state index contributed by atoms with van der Waals surface area (Å²) < 4.78 is 0. The van der Waals surface area contributed by atoms with Gasteiger partial charge >= 0.3 is 0 Å². The molecule has 1 heterocycles. The fourth-order valence-electron chi connectivity index (χ4n) is 1.81. The summed E-state index contributed by atoms with van der Waals surface area (Å²) in [6, 6.07) is 0. The van der Waals surface area contributed by atoms with Gasteiger partial charge in [0.15, 0.2) is 0 Å². The Hall–Kier alpha value is -1.16. The van der Waals surface area contributed by atoms with Crippen LogP contribution >= 0.6 is 11.6 Å². The van der Waals surface area contributed by atoms with Gasteiger partial charge in [0.05, 0.1) is 11.2 Å². The Labute approximate surface area is 112 Å². The van der Waals surface area contributed by atoms with E-state index in [1.54, 1.807) is 0 Å². The Bertz CT molecular complexity index is 462. The van der Waals surface area contributed by atoms with Crippen LogP contribution in [-0.4, -0.2) is 22.4 Å². The van der Waals surface area contributed by atoms with Gasteiger partial charge in [-0.15, -0.1) is 0 Å². The number of hydrogen-bond donors (Lipinski definition) is 1. The van der Waals surface area contributed by atoms with Crippen LogP contribution in [0.5, 0.6) is 0 Å². The molecule has 0 bridgehead atoms. The molecule has 2 unspecified atom stereocenters. The monoisotopic (exact) mass is 267 g/mol. The van der Waals surface area contributed by atoms with Crippen molar-refractivity contribution in [3.63, 3.8) is 0 Å². The van der Waals surface area contributed by atoms with Gasteiger partial charge in [0.25, 0.3) is 5.91 Å². The lowest BCUT2D eigenvalue weighted by Crippen LogP contribution is -2.27. The first kappa shape index (κ1) is 13.3. The summed E-state index contributed by atoms with van der Waals surface area (Å²) >= 11 is 5.97. The lowest BCUT2D eigenvalue weighted by molar-refractivity contribution is 0.0946. The minimum Gasteiger partial charge on any atom is -0.350 e. The number of nitrogens with one attached hydrogen (secondary N) is 1. The number of carbonyl (C=O) groups is 1. The van der Waals surface area contributed by atoms with E-state index in [9.17, 15) is 4.79 Å². The average Bonchev–Trinajstić information content (AvgIpc) is 3.02. The Balaban J connectivity index is 2.06. The Morgan fingerprint density at radius 3 is 2.83 bits per heavy atom. The topological polar surface area (TPSA) is 54.9 Å². The number of nitrogens with zero attached hydrogens (tertiary/aromatic N) is 2. The van der Waals surface area contributed by atoms with Gasteiger partial charge in [-0.2, -0.15) is 0 Å². The molecule has 0 radical (unpaired) electrons. The molecule has 98 valence electrons. The van der Waals surface area contributed by atoms with Crippen LogP contribution in [-0.2, 0) is 0 Å². The lowest BCUT2D eigenvalue weighted by atomic mass is 10.2. The molecule has 0 spiro atoms. The van der Waals surface area contributed by atoms with Gasteiger partial charge in [0.2, 0.25) is 0 Å². The van der Waals surface area contributed by atoms with Gasteiger partial charge in [-0.25, -0.2) is 9.97 Å². The van der Waals surface area contributed by atoms with Crippen molar-refractivity contribution in [2.75, 3.05) is 6.54 Å². The van der Waals surface area contributed by atoms with Gasteiger partial charge in [0.1, 0.15) is 11.5 Å². The molecule has 1 aliphatic rings. The molecular formula is C13H18ClN3O. The molecule has 0 aromatic carbocycles. The van der Waals surface area contributed by atoms with Crippen LogP contribution in [0.25, 0.3) is 0 Å². The Kier molecular flexibility index (Phi) is 3.85. The molecule has 1 saturated carbocycles. The predicted octanol–water partition coefficient (Wildman–Crippen LogP) is 2.64. The van der Waals surface area contributed by atoms with Gasteiger partial charge < -0.3 is 5.32 Å². The highest BCUT2D eigenvalue weighted by Crippen LogP contribution is 2.36. The van der Waals surface area contributed by atoms with Gasteiger partial charge in [-0.05, 0) is 18.3 Å². The summed E-state index contributed by atoms with van der Waals surface area (Å²) in [5, 5.41) is 3.19. The third-order valence-electron chi connectivity index (χ3n) is 3.30. The quantitative estimate of drug-likeness (QED) is 0.912. The van der Waals surface area contributed by atoms with Gasteiger partial charge in [0, 0.05) is 12.5 Å². The number of halogens is 1. The van der Waals surface area contributed by atoms with Crippen LogP contribution in [0, 0.1) is 11.8 Å². The Morgan fingerprint density at radius 1 is 1.61 bits per heavy atom. The molecule has 4 nitrogen and oxygen atoms in total. The van der Waals surface area contributed by atoms with Crippen molar-refractivity contribution < 1.29 is 4.79 Å². The van der Waals surface area contributed by atoms with E-state index in [0.717, 1.165) is 5.92 Å². The minimum atomic E-state index is -0.205. The molecule has 2 rings (SSSR count). The van der Waals surface area contributed by atoms with Crippen LogP contribution in [0.4, 0.5) is 0 Å². The molecule has 1 N–H and O–H groups in total. The van der Waals surface area contributed by atoms with Gasteiger partial charge in [-0.3, -0.25) is 4.79 Å². The van der Waals surface area contributed by atoms with E-state index in [2.05, 4.69) is 22.2 Å². The maximum atomic E-state index is 12.0. The largest absolute Gasteiger partial charge is 0.350 e. The normalized spacial score (nSPS) is 22.1. The predicted molar refractivity (Wildman–Crippen MR) is 70.7 cm³/mol. The number of rotatable bonds is 4. The first-order chi connectivity index (χ1) is 8.49. The smallest absolute Gasteiger partial charge is 0.271 e. The maximum Gasteiger partial charge on any atom is 0.271 e. The summed E-state index contributed by atoms with van der Waals surface area (Å²) in [4.78, 5) is 20.3. The van der Waals surface area contributed by atoms with Crippen molar-refractivity contribution in [3.8, 4) is 0 Å². The summed E-state index contributed by atoms with van der Waals surface area (Å²) in [6.45, 7) is 6.86. The second-order valence-electron chi connectivity index (χ2n) is 5.26. The molecular weight excluding hydrogens is 250 g/mol. The van der Waals surface area contributed by atoms with Crippen molar-refractivity contribution in [1.29, 1.82) is 0 Å². The van der Waals surface area contributed by atoms with Crippen LogP contribution in [0.2, 0.25) is 5.02 Å². The molecule has 1 aromatic heterocycles. The van der Waals surface area contributed by atoms with Crippen LogP contribution < -0.4 is 5.32 Å². The lowest BCUT2D eigenvalue weighted by Gasteiger charge is -2.08. The molecule has 1 aromatic rings. The van der Waals surface area contributed by atoms with Crippen LogP contribution in [0.1, 0.15) is 49.4 Å². The molecule has 1 fully saturated rings. The Morgan fingerprint density at radius 2 is 2.28 bits per heavy atom. The zero-order valence-corrected chi connectivity index (χ0v) is 11.7. The highest BCUT2D eigenvalue weighted by molar-refractivity contribution is 6.33. The van der Waals surface area contributed by atoms with E-state index in [1.807, 2.05) is 13.8 Å². The second kappa shape index (κ2) is 5.22.